The number of nitrogens with one attached hydrogen (secondary N) is 1. The Kier molecular flexibility index (Phi) is 2.83. The lowest BCUT2D eigenvalue weighted by Gasteiger charge is -2.05. The van der Waals surface area contributed by atoms with Crippen molar-refractivity contribution in [1.29, 1.82) is 0 Å². The van der Waals surface area contributed by atoms with Crippen molar-refractivity contribution in [2.75, 3.05) is 0 Å². The maximum absolute atomic E-state index is 11.1. The van der Waals surface area contributed by atoms with Gasteiger partial charge in [0.25, 0.3) is 0 Å². The number of H-pyrrole nitrogens is 1. The van der Waals surface area contributed by atoms with E-state index in [4.69, 9.17) is 11.6 Å². The first kappa shape index (κ1) is 9.93. The first-order valence-corrected chi connectivity index (χ1v) is 5.03. The molecule has 1 N–H and O–H groups in total. The number of alkyl halides is 1. The zero-order valence-electron chi connectivity index (χ0n) is 7.90. The summed E-state index contributed by atoms with van der Waals surface area (Å²) in [5.41, 5.74) is 2.44. The molecule has 3 nitrogen and oxygen atoms in total. The van der Waals surface area contributed by atoms with Crippen LogP contribution in [-0.4, -0.2) is 9.97 Å². The summed E-state index contributed by atoms with van der Waals surface area (Å²) in [6.07, 6.45) is 3.44. The third kappa shape index (κ3) is 2.07. The maximum Gasteiger partial charge on any atom is 0.248 e. The van der Waals surface area contributed by atoms with E-state index in [-0.39, 0.29) is 11.4 Å². The predicted molar refractivity (Wildman–Crippen MR) is 59.9 cm³/mol. The molecule has 0 amide bonds. The number of hydrogen-bond donors (Lipinski definition) is 1. The highest BCUT2D eigenvalue weighted by Gasteiger charge is 2.04. The van der Waals surface area contributed by atoms with Crippen LogP contribution in [0.1, 0.15) is 5.69 Å². The highest BCUT2D eigenvalue weighted by atomic mass is 35.5. The van der Waals surface area contributed by atoms with Gasteiger partial charge in [0.15, 0.2) is 0 Å². The van der Waals surface area contributed by atoms with E-state index in [9.17, 15) is 4.79 Å². The summed E-state index contributed by atoms with van der Waals surface area (Å²) in [7, 11) is 0. The number of hydrogen-bond acceptors (Lipinski definition) is 2. The predicted octanol–water partition coefficient (Wildman–Crippen LogP) is 2.18. The number of halogens is 1. The van der Waals surface area contributed by atoms with Crippen LogP contribution in [0.25, 0.3) is 11.1 Å². The minimum absolute atomic E-state index is 0.140. The number of pyridine rings is 2. The van der Waals surface area contributed by atoms with Gasteiger partial charge in [-0.2, -0.15) is 0 Å². The lowest BCUT2D eigenvalue weighted by Crippen LogP contribution is -2.07. The van der Waals surface area contributed by atoms with Gasteiger partial charge in [0.2, 0.25) is 5.56 Å². The van der Waals surface area contributed by atoms with Gasteiger partial charge in [0.05, 0.1) is 5.88 Å². The van der Waals surface area contributed by atoms with Gasteiger partial charge >= 0.3 is 0 Å². The second kappa shape index (κ2) is 4.28. The number of rotatable bonds is 2. The third-order valence-electron chi connectivity index (χ3n) is 2.11. The van der Waals surface area contributed by atoms with Gasteiger partial charge < -0.3 is 4.98 Å². The molecule has 0 aliphatic carbocycles. The van der Waals surface area contributed by atoms with E-state index in [1.54, 1.807) is 18.5 Å². The highest BCUT2D eigenvalue weighted by molar-refractivity contribution is 6.17. The normalized spacial score (nSPS) is 10.2. The van der Waals surface area contributed by atoms with Gasteiger partial charge in [-0.15, -0.1) is 11.6 Å². The van der Waals surface area contributed by atoms with E-state index in [1.807, 2.05) is 12.1 Å². The molecule has 0 aromatic carbocycles. The van der Waals surface area contributed by atoms with Crippen LogP contribution >= 0.6 is 11.6 Å². The fourth-order valence-electron chi connectivity index (χ4n) is 1.42. The fourth-order valence-corrected chi connectivity index (χ4v) is 1.63. The van der Waals surface area contributed by atoms with Gasteiger partial charge in [-0.3, -0.25) is 9.78 Å². The smallest absolute Gasteiger partial charge is 0.248 e. The van der Waals surface area contributed by atoms with E-state index in [0.717, 1.165) is 16.8 Å². The van der Waals surface area contributed by atoms with Gasteiger partial charge in [-0.05, 0) is 12.1 Å². The average Bonchev–Trinajstić information content (AvgIpc) is 2.30. The van der Waals surface area contributed by atoms with Crippen LogP contribution in [0.3, 0.4) is 0 Å². The highest BCUT2D eigenvalue weighted by Crippen LogP contribution is 2.20. The minimum atomic E-state index is -0.140. The summed E-state index contributed by atoms with van der Waals surface area (Å²) in [5, 5.41) is 0. The Bertz CT molecular complexity index is 507. The molecule has 2 aromatic heterocycles. The molecular weight excluding hydrogens is 212 g/mol. The molecule has 0 saturated heterocycles. The molecule has 0 aliphatic heterocycles. The summed E-state index contributed by atoms with van der Waals surface area (Å²) in [4.78, 5) is 17.8. The van der Waals surface area contributed by atoms with Crippen molar-refractivity contribution in [3.05, 3.63) is 52.7 Å². The Balaban J connectivity index is 2.58. The van der Waals surface area contributed by atoms with Crippen LogP contribution in [-0.2, 0) is 5.88 Å². The zero-order chi connectivity index (χ0) is 10.7. The summed E-state index contributed by atoms with van der Waals surface area (Å²) < 4.78 is 0. The summed E-state index contributed by atoms with van der Waals surface area (Å²) in [5.74, 6) is 0.278. The molecule has 2 aromatic rings. The standard InChI is InChI=1S/C11H9ClN2O/c12-6-10-9(3-4-11(15)14-10)8-2-1-5-13-7-8/h1-5,7H,6H2,(H,14,15). The van der Waals surface area contributed by atoms with E-state index in [0.29, 0.717) is 0 Å². The van der Waals surface area contributed by atoms with Crippen molar-refractivity contribution < 1.29 is 0 Å². The lowest BCUT2D eigenvalue weighted by atomic mass is 10.1. The Hall–Kier alpha value is -1.61. The molecule has 15 heavy (non-hydrogen) atoms. The Morgan fingerprint density at radius 3 is 2.87 bits per heavy atom. The lowest BCUT2D eigenvalue weighted by molar-refractivity contribution is 1.12. The number of aromatic nitrogens is 2. The molecule has 0 unspecified atom stereocenters. The van der Waals surface area contributed by atoms with Crippen molar-refractivity contribution >= 4 is 11.6 Å². The largest absolute Gasteiger partial charge is 0.324 e. The van der Waals surface area contributed by atoms with E-state index in [1.165, 1.54) is 6.07 Å². The molecular formula is C11H9ClN2O. The van der Waals surface area contributed by atoms with Crippen LogP contribution in [0.5, 0.6) is 0 Å². The van der Waals surface area contributed by atoms with Crippen molar-refractivity contribution in [2.45, 2.75) is 5.88 Å². The van der Waals surface area contributed by atoms with E-state index >= 15 is 0 Å². The van der Waals surface area contributed by atoms with E-state index < -0.39 is 0 Å². The third-order valence-corrected chi connectivity index (χ3v) is 2.37. The molecule has 0 radical (unpaired) electrons. The average molecular weight is 221 g/mol. The summed E-state index contributed by atoms with van der Waals surface area (Å²) in [6.45, 7) is 0. The molecule has 4 heteroatoms. The molecule has 0 aliphatic rings. The fraction of sp³-hybridized carbons (Fsp3) is 0.0909. The minimum Gasteiger partial charge on any atom is -0.324 e. The SMILES string of the molecule is O=c1ccc(-c2cccnc2)c(CCl)[nH]1. The molecule has 0 spiro atoms. The second-order valence-corrected chi connectivity index (χ2v) is 3.36. The topological polar surface area (TPSA) is 45.8 Å². The van der Waals surface area contributed by atoms with Gasteiger partial charge in [0.1, 0.15) is 0 Å². The quantitative estimate of drug-likeness (QED) is 0.789. The van der Waals surface area contributed by atoms with E-state index in [2.05, 4.69) is 9.97 Å². The number of nitrogens with zero attached hydrogens (tertiary/aromatic N) is 1. The molecule has 2 heterocycles. The molecule has 0 atom stereocenters. The number of aromatic amines is 1. The van der Waals surface area contributed by atoms with Crippen LogP contribution in [0.15, 0.2) is 41.5 Å². The monoisotopic (exact) mass is 220 g/mol. The van der Waals surface area contributed by atoms with Crippen LogP contribution in [0.2, 0.25) is 0 Å². The Labute approximate surface area is 91.8 Å². The van der Waals surface area contributed by atoms with Crippen LogP contribution in [0.4, 0.5) is 0 Å². The molecule has 0 bridgehead atoms. The molecule has 76 valence electrons. The van der Waals surface area contributed by atoms with Crippen LogP contribution in [0, 0.1) is 0 Å². The Morgan fingerprint density at radius 1 is 1.33 bits per heavy atom. The maximum atomic E-state index is 11.1. The van der Waals surface area contributed by atoms with Crippen molar-refractivity contribution in [3.8, 4) is 11.1 Å². The summed E-state index contributed by atoms with van der Waals surface area (Å²) >= 11 is 5.76. The summed E-state index contributed by atoms with van der Waals surface area (Å²) in [6, 6.07) is 7.01. The van der Waals surface area contributed by atoms with Crippen molar-refractivity contribution in [2.24, 2.45) is 0 Å². The first-order chi connectivity index (χ1) is 7.31. The van der Waals surface area contributed by atoms with Crippen molar-refractivity contribution in [1.82, 2.24) is 9.97 Å². The Morgan fingerprint density at radius 2 is 2.20 bits per heavy atom. The molecule has 0 fully saturated rings. The zero-order valence-corrected chi connectivity index (χ0v) is 8.66. The van der Waals surface area contributed by atoms with Gasteiger partial charge in [-0.1, -0.05) is 6.07 Å². The molecule has 2 rings (SSSR count). The van der Waals surface area contributed by atoms with Gasteiger partial charge in [-0.25, -0.2) is 0 Å². The first-order valence-electron chi connectivity index (χ1n) is 4.50. The molecule has 0 saturated carbocycles. The van der Waals surface area contributed by atoms with Gasteiger partial charge in [0, 0.05) is 35.3 Å². The van der Waals surface area contributed by atoms with Crippen molar-refractivity contribution in [3.63, 3.8) is 0 Å². The second-order valence-electron chi connectivity index (χ2n) is 3.09. The van der Waals surface area contributed by atoms with Crippen LogP contribution < -0.4 is 5.56 Å².